The molecule has 44 valence electrons. The van der Waals surface area contributed by atoms with Gasteiger partial charge < -0.3 is 15.4 Å². The van der Waals surface area contributed by atoms with Crippen LogP contribution in [0.3, 0.4) is 0 Å². The Hall–Kier alpha value is -0.120. The smallest absolute Gasteiger partial charge is 0.101 e. The van der Waals surface area contributed by atoms with Crippen molar-refractivity contribution in [1.82, 2.24) is 5.06 Å². The van der Waals surface area contributed by atoms with Crippen LogP contribution in [0, 0.1) is 5.21 Å². The van der Waals surface area contributed by atoms with E-state index < -0.39 is 5.72 Å². The molecule has 0 aromatic heterocycles. The van der Waals surface area contributed by atoms with Crippen LogP contribution in [0.4, 0.5) is 0 Å². The van der Waals surface area contributed by atoms with E-state index >= 15 is 0 Å². The van der Waals surface area contributed by atoms with E-state index in [-0.39, 0.29) is 0 Å². The lowest BCUT2D eigenvalue weighted by molar-refractivity contribution is -0.0352. The number of aliphatic hydroxyl groups is 1. The Labute approximate surface area is 43.1 Å². The van der Waals surface area contributed by atoms with Crippen LogP contribution in [-0.2, 0) is 0 Å². The van der Waals surface area contributed by atoms with Crippen molar-refractivity contribution in [3.63, 3.8) is 0 Å². The number of hydroxylamine groups is 2. The quantitative estimate of drug-likeness (QED) is 0.380. The van der Waals surface area contributed by atoms with Crippen molar-refractivity contribution in [1.29, 1.82) is 0 Å². The normalized spacial score (nSPS) is 12.9. The Balaban J connectivity index is 3.54. The van der Waals surface area contributed by atoms with E-state index in [0.29, 0.717) is 5.06 Å². The predicted octanol–water partition coefficient (Wildman–Crippen LogP) is 0.144. The van der Waals surface area contributed by atoms with Crippen LogP contribution in [0.5, 0.6) is 0 Å². The third-order valence-electron chi connectivity index (χ3n) is 0.771. The SMILES string of the molecule is CN([O-])C(C)(C)O. The lowest BCUT2D eigenvalue weighted by atomic mass is 10.3. The Kier molecular flexibility index (Phi) is 1.75. The Morgan fingerprint density at radius 1 is 1.57 bits per heavy atom. The van der Waals surface area contributed by atoms with Gasteiger partial charge in [-0.25, -0.2) is 0 Å². The zero-order valence-corrected chi connectivity index (χ0v) is 4.80. The molecule has 0 atom stereocenters. The summed E-state index contributed by atoms with van der Waals surface area (Å²) in [6, 6.07) is 0. The average molecular weight is 104 g/mol. The van der Waals surface area contributed by atoms with E-state index in [2.05, 4.69) is 0 Å². The van der Waals surface area contributed by atoms with Crippen LogP contribution in [0.15, 0.2) is 0 Å². The highest BCUT2D eigenvalue weighted by molar-refractivity contribution is 4.63. The predicted molar refractivity (Wildman–Crippen MR) is 27.4 cm³/mol. The molecular weight excluding hydrogens is 94.0 g/mol. The third-order valence-corrected chi connectivity index (χ3v) is 0.771. The van der Waals surface area contributed by atoms with Crippen LogP contribution in [0.25, 0.3) is 0 Å². The fourth-order valence-electron chi connectivity index (χ4n) is 0. The van der Waals surface area contributed by atoms with Crippen LogP contribution in [-0.4, -0.2) is 22.9 Å². The van der Waals surface area contributed by atoms with Gasteiger partial charge in [-0.2, -0.15) is 0 Å². The van der Waals surface area contributed by atoms with Crippen molar-refractivity contribution >= 4 is 0 Å². The second kappa shape index (κ2) is 1.78. The van der Waals surface area contributed by atoms with Gasteiger partial charge in [0.05, 0.1) is 0 Å². The maximum absolute atomic E-state index is 10.1. The molecule has 0 aliphatic heterocycles. The van der Waals surface area contributed by atoms with Crippen LogP contribution in [0.1, 0.15) is 13.8 Å². The lowest BCUT2D eigenvalue weighted by Crippen LogP contribution is -2.35. The minimum absolute atomic E-state index is 0.493. The first-order valence-electron chi connectivity index (χ1n) is 2.08. The third kappa shape index (κ3) is 2.56. The van der Waals surface area contributed by atoms with Crippen molar-refractivity contribution in [3.05, 3.63) is 5.21 Å². The van der Waals surface area contributed by atoms with E-state index in [0.717, 1.165) is 0 Å². The molecule has 0 rings (SSSR count). The highest BCUT2D eigenvalue weighted by Crippen LogP contribution is 2.02. The number of rotatable bonds is 1. The Morgan fingerprint density at radius 3 is 1.71 bits per heavy atom. The van der Waals surface area contributed by atoms with Crippen molar-refractivity contribution in [2.75, 3.05) is 7.05 Å². The highest BCUT2D eigenvalue weighted by Gasteiger charge is 2.08. The maximum atomic E-state index is 10.1. The summed E-state index contributed by atoms with van der Waals surface area (Å²) < 4.78 is 0. The zero-order chi connectivity index (χ0) is 6.08. The standard InChI is InChI=1S/C4H10NO2/c1-4(2,6)5(3)7/h6H,1-3H3/q-1. The number of hydrogen-bond acceptors (Lipinski definition) is 3. The van der Waals surface area contributed by atoms with Gasteiger partial charge in [0.15, 0.2) is 0 Å². The molecule has 0 spiro atoms. The molecule has 7 heavy (non-hydrogen) atoms. The van der Waals surface area contributed by atoms with Crippen LogP contribution < -0.4 is 0 Å². The van der Waals surface area contributed by atoms with E-state index in [9.17, 15) is 5.21 Å². The van der Waals surface area contributed by atoms with E-state index in [1.54, 1.807) is 0 Å². The lowest BCUT2D eigenvalue weighted by Gasteiger charge is -2.35. The van der Waals surface area contributed by atoms with E-state index in [1.165, 1.54) is 20.9 Å². The van der Waals surface area contributed by atoms with Crippen molar-refractivity contribution in [2.45, 2.75) is 19.6 Å². The molecule has 3 heteroatoms. The molecule has 0 radical (unpaired) electrons. The van der Waals surface area contributed by atoms with Gasteiger partial charge in [0.1, 0.15) is 5.72 Å². The van der Waals surface area contributed by atoms with Crippen molar-refractivity contribution in [2.24, 2.45) is 0 Å². The zero-order valence-electron chi connectivity index (χ0n) is 4.80. The minimum atomic E-state index is -1.22. The summed E-state index contributed by atoms with van der Waals surface area (Å²) in [6.45, 7) is 2.86. The van der Waals surface area contributed by atoms with Gasteiger partial charge in [-0.05, 0) is 20.9 Å². The Morgan fingerprint density at radius 2 is 1.71 bits per heavy atom. The van der Waals surface area contributed by atoms with Gasteiger partial charge in [-0.15, -0.1) is 0 Å². The highest BCUT2D eigenvalue weighted by atomic mass is 16.5. The Bertz CT molecular complexity index is 55.2. The summed E-state index contributed by atoms with van der Waals surface area (Å²) in [7, 11) is 1.28. The van der Waals surface area contributed by atoms with E-state index in [1.807, 2.05) is 0 Å². The molecule has 0 unspecified atom stereocenters. The molecule has 0 fully saturated rings. The molecule has 0 aliphatic carbocycles. The first-order chi connectivity index (χ1) is 2.94. The number of hydrogen-bond donors (Lipinski definition) is 1. The average Bonchev–Trinajstić information content (AvgIpc) is 1.31. The number of nitrogens with zero attached hydrogens (tertiary/aromatic N) is 1. The summed E-state index contributed by atoms with van der Waals surface area (Å²) in [6.07, 6.45) is 0. The summed E-state index contributed by atoms with van der Waals surface area (Å²) >= 11 is 0. The first kappa shape index (κ1) is 6.88. The minimum Gasteiger partial charge on any atom is -0.783 e. The summed E-state index contributed by atoms with van der Waals surface area (Å²) in [5.41, 5.74) is -1.22. The van der Waals surface area contributed by atoms with Gasteiger partial charge in [-0.1, -0.05) is 0 Å². The van der Waals surface area contributed by atoms with Crippen LogP contribution >= 0.6 is 0 Å². The molecule has 0 heterocycles. The molecule has 0 amide bonds. The van der Waals surface area contributed by atoms with E-state index in [4.69, 9.17) is 5.11 Å². The maximum Gasteiger partial charge on any atom is 0.101 e. The second-order valence-corrected chi connectivity index (χ2v) is 1.99. The molecule has 1 N–H and O–H groups in total. The monoisotopic (exact) mass is 104 g/mol. The van der Waals surface area contributed by atoms with Gasteiger partial charge in [0.25, 0.3) is 0 Å². The fourth-order valence-corrected chi connectivity index (χ4v) is 0. The fraction of sp³-hybridized carbons (Fsp3) is 1.00. The second-order valence-electron chi connectivity index (χ2n) is 1.99. The molecule has 0 aromatic rings. The van der Waals surface area contributed by atoms with Gasteiger partial charge in [0, 0.05) is 0 Å². The summed E-state index contributed by atoms with van der Waals surface area (Å²) in [4.78, 5) is 0. The molecular formula is C4H10NO2-. The van der Waals surface area contributed by atoms with Crippen LogP contribution in [0.2, 0.25) is 0 Å². The van der Waals surface area contributed by atoms with Gasteiger partial charge in [-0.3, -0.25) is 0 Å². The molecule has 0 saturated carbocycles. The first-order valence-corrected chi connectivity index (χ1v) is 2.08. The largest absolute Gasteiger partial charge is 0.783 e. The molecule has 0 bridgehead atoms. The van der Waals surface area contributed by atoms with Gasteiger partial charge in [0.2, 0.25) is 0 Å². The molecule has 0 aromatic carbocycles. The summed E-state index contributed by atoms with van der Waals surface area (Å²) in [5.74, 6) is 0. The molecule has 3 nitrogen and oxygen atoms in total. The molecule has 0 saturated heterocycles. The van der Waals surface area contributed by atoms with Gasteiger partial charge >= 0.3 is 0 Å². The molecule has 0 aliphatic rings. The topological polar surface area (TPSA) is 46.5 Å². The summed E-state index contributed by atoms with van der Waals surface area (Å²) in [5, 5.41) is 19.3. The van der Waals surface area contributed by atoms with Crippen molar-refractivity contribution in [3.8, 4) is 0 Å². The van der Waals surface area contributed by atoms with Crippen molar-refractivity contribution < 1.29 is 5.11 Å².